The van der Waals surface area contributed by atoms with Crippen molar-refractivity contribution in [2.75, 3.05) is 26.3 Å². The number of H-pyrrole nitrogens is 1. The topological polar surface area (TPSA) is 58.2 Å². The summed E-state index contributed by atoms with van der Waals surface area (Å²) >= 11 is 0. The average molecular weight is 327 g/mol. The van der Waals surface area contributed by atoms with Crippen molar-refractivity contribution >= 4 is 16.9 Å². The number of hydrogen-bond donors (Lipinski definition) is 1. The van der Waals surface area contributed by atoms with Crippen LogP contribution in [0.25, 0.3) is 11.0 Å². The molecule has 1 N–H and O–H groups in total. The van der Waals surface area contributed by atoms with E-state index in [2.05, 4.69) is 16.0 Å². The third-order valence-electron chi connectivity index (χ3n) is 5.32. The number of nitrogens with zero attached hydrogens (tertiary/aromatic N) is 2. The molecule has 1 aromatic heterocycles. The Bertz CT molecular complexity index is 672. The van der Waals surface area contributed by atoms with Gasteiger partial charge in [-0.15, -0.1) is 0 Å². The van der Waals surface area contributed by atoms with E-state index in [1.165, 1.54) is 6.42 Å². The summed E-state index contributed by atoms with van der Waals surface area (Å²) in [5.41, 5.74) is 2.12. The molecular weight excluding hydrogens is 302 g/mol. The van der Waals surface area contributed by atoms with E-state index in [9.17, 15) is 4.79 Å². The summed E-state index contributed by atoms with van der Waals surface area (Å²) in [6, 6.07) is 8.14. The third-order valence-corrected chi connectivity index (χ3v) is 5.32. The Balaban J connectivity index is 1.40. The van der Waals surface area contributed by atoms with Gasteiger partial charge in [0, 0.05) is 38.6 Å². The van der Waals surface area contributed by atoms with E-state index in [-0.39, 0.29) is 5.92 Å². The molecule has 0 saturated carbocycles. The van der Waals surface area contributed by atoms with Crippen molar-refractivity contribution in [2.24, 2.45) is 11.8 Å². The fourth-order valence-corrected chi connectivity index (χ4v) is 4.01. The lowest BCUT2D eigenvalue weighted by Gasteiger charge is -2.35. The predicted molar refractivity (Wildman–Crippen MR) is 92.6 cm³/mol. The molecule has 3 heterocycles. The van der Waals surface area contributed by atoms with Gasteiger partial charge >= 0.3 is 0 Å². The fourth-order valence-electron chi connectivity index (χ4n) is 4.01. The van der Waals surface area contributed by atoms with Gasteiger partial charge in [-0.05, 0) is 43.7 Å². The van der Waals surface area contributed by atoms with Crippen LogP contribution in [0.2, 0.25) is 0 Å². The van der Waals surface area contributed by atoms with Crippen LogP contribution in [-0.4, -0.2) is 47.1 Å². The first-order valence-electron chi connectivity index (χ1n) is 9.10. The first kappa shape index (κ1) is 15.6. The summed E-state index contributed by atoms with van der Waals surface area (Å²) in [6.45, 7) is 3.24. The average Bonchev–Trinajstić information content (AvgIpc) is 3.04. The van der Waals surface area contributed by atoms with Crippen LogP contribution in [0.3, 0.4) is 0 Å². The van der Waals surface area contributed by atoms with Gasteiger partial charge in [0.2, 0.25) is 5.91 Å². The van der Waals surface area contributed by atoms with Crippen molar-refractivity contribution in [3.8, 4) is 0 Å². The maximum Gasteiger partial charge on any atom is 0.225 e. The van der Waals surface area contributed by atoms with Gasteiger partial charge < -0.3 is 14.6 Å². The maximum absolute atomic E-state index is 12.7. The zero-order valence-corrected chi connectivity index (χ0v) is 14.0. The number of nitrogens with one attached hydrogen (secondary N) is 1. The number of imidazole rings is 1. The standard InChI is InChI=1S/C19H25N3O2/c23-19(15-7-10-24-11-8-15)22-9-3-4-14(13-22)12-18-20-16-5-1-2-6-17(16)21-18/h1-2,5-6,14-15H,3-4,7-13H2,(H,20,21). The number of ether oxygens (including phenoxy) is 1. The number of likely N-dealkylation sites (tertiary alicyclic amines) is 1. The molecule has 2 aromatic rings. The lowest BCUT2D eigenvalue weighted by molar-refractivity contribution is -0.140. The first-order chi connectivity index (χ1) is 11.8. The normalized spacial score (nSPS) is 22.8. The van der Waals surface area contributed by atoms with Crippen LogP contribution in [0.5, 0.6) is 0 Å². The van der Waals surface area contributed by atoms with E-state index < -0.39 is 0 Å². The first-order valence-corrected chi connectivity index (χ1v) is 9.10. The van der Waals surface area contributed by atoms with Gasteiger partial charge in [0.05, 0.1) is 11.0 Å². The van der Waals surface area contributed by atoms with Crippen LogP contribution in [-0.2, 0) is 16.0 Å². The van der Waals surface area contributed by atoms with Crippen molar-refractivity contribution in [3.63, 3.8) is 0 Å². The summed E-state index contributed by atoms with van der Waals surface area (Å²) in [6.07, 6.45) is 4.95. The van der Waals surface area contributed by atoms with E-state index in [0.29, 0.717) is 11.8 Å². The molecule has 2 aliphatic rings. The molecule has 0 aliphatic carbocycles. The molecule has 5 nitrogen and oxygen atoms in total. The summed E-state index contributed by atoms with van der Waals surface area (Å²) in [7, 11) is 0. The molecule has 2 aliphatic heterocycles. The van der Waals surface area contributed by atoms with E-state index in [1.807, 2.05) is 18.2 Å². The van der Waals surface area contributed by atoms with Gasteiger partial charge in [-0.25, -0.2) is 4.98 Å². The number of piperidine rings is 1. The Labute approximate surface area is 142 Å². The molecule has 0 spiro atoms. The smallest absolute Gasteiger partial charge is 0.225 e. The van der Waals surface area contributed by atoms with Gasteiger partial charge in [-0.2, -0.15) is 0 Å². The van der Waals surface area contributed by atoms with Crippen LogP contribution in [0.4, 0.5) is 0 Å². The number of amides is 1. The molecule has 5 heteroatoms. The second-order valence-corrected chi connectivity index (χ2v) is 7.08. The third kappa shape index (κ3) is 3.31. The van der Waals surface area contributed by atoms with Gasteiger partial charge in [-0.1, -0.05) is 12.1 Å². The van der Waals surface area contributed by atoms with Gasteiger partial charge in [0.25, 0.3) is 0 Å². The minimum absolute atomic E-state index is 0.170. The number of rotatable bonds is 3. The number of hydrogen-bond acceptors (Lipinski definition) is 3. The van der Waals surface area contributed by atoms with Crippen LogP contribution in [0, 0.1) is 11.8 Å². The highest BCUT2D eigenvalue weighted by Gasteiger charge is 2.30. The molecule has 2 saturated heterocycles. The van der Waals surface area contributed by atoms with Crippen molar-refractivity contribution in [1.29, 1.82) is 0 Å². The van der Waals surface area contributed by atoms with Crippen molar-refractivity contribution in [2.45, 2.75) is 32.1 Å². The van der Waals surface area contributed by atoms with E-state index in [0.717, 1.165) is 68.8 Å². The molecule has 128 valence electrons. The second kappa shape index (κ2) is 6.93. The minimum Gasteiger partial charge on any atom is -0.381 e. The maximum atomic E-state index is 12.7. The highest BCUT2D eigenvalue weighted by molar-refractivity contribution is 5.79. The molecule has 0 bridgehead atoms. The summed E-state index contributed by atoms with van der Waals surface area (Å²) in [4.78, 5) is 22.9. The van der Waals surface area contributed by atoms with E-state index in [1.54, 1.807) is 0 Å². The lowest BCUT2D eigenvalue weighted by atomic mass is 9.92. The quantitative estimate of drug-likeness (QED) is 0.943. The SMILES string of the molecule is O=C(C1CCOCC1)N1CCCC(Cc2nc3ccccc3[nH]2)C1. The van der Waals surface area contributed by atoms with Crippen molar-refractivity contribution in [3.05, 3.63) is 30.1 Å². The predicted octanol–water partition coefficient (Wildman–Crippen LogP) is 2.77. The fraction of sp³-hybridized carbons (Fsp3) is 0.579. The minimum atomic E-state index is 0.170. The van der Waals surface area contributed by atoms with E-state index in [4.69, 9.17) is 9.72 Å². The summed E-state index contributed by atoms with van der Waals surface area (Å²) < 4.78 is 5.38. The Kier molecular flexibility index (Phi) is 4.52. The number of fused-ring (bicyclic) bond motifs is 1. The monoisotopic (exact) mass is 327 g/mol. The molecule has 24 heavy (non-hydrogen) atoms. The van der Waals surface area contributed by atoms with Crippen LogP contribution >= 0.6 is 0 Å². The Morgan fingerprint density at radius 2 is 2.08 bits per heavy atom. The Morgan fingerprint density at radius 1 is 1.25 bits per heavy atom. The van der Waals surface area contributed by atoms with Crippen LogP contribution in [0.15, 0.2) is 24.3 Å². The number of carbonyl (C=O) groups excluding carboxylic acids is 1. The van der Waals surface area contributed by atoms with Crippen molar-refractivity contribution < 1.29 is 9.53 Å². The van der Waals surface area contributed by atoms with Gasteiger partial charge in [0.15, 0.2) is 0 Å². The molecule has 2 fully saturated rings. The molecule has 1 aromatic carbocycles. The largest absolute Gasteiger partial charge is 0.381 e. The van der Waals surface area contributed by atoms with Gasteiger partial charge in [-0.3, -0.25) is 4.79 Å². The molecule has 1 atom stereocenters. The zero-order valence-electron chi connectivity index (χ0n) is 14.0. The number of aromatic nitrogens is 2. The Hall–Kier alpha value is -1.88. The summed E-state index contributed by atoms with van der Waals surface area (Å²) in [5, 5.41) is 0. The molecule has 4 rings (SSSR count). The van der Waals surface area contributed by atoms with E-state index >= 15 is 0 Å². The Morgan fingerprint density at radius 3 is 2.92 bits per heavy atom. The second-order valence-electron chi connectivity index (χ2n) is 7.08. The van der Waals surface area contributed by atoms with Crippen LogP contribution < -0.4 is 0 Å². The zero-order chi connectivity index (χ0) is 16.4. The molecule has 0 radical (unpaired) electrons. The summed E-state index contributed by atoms with van der Waals surface area (Å²) in [5.74, 6) is 2.06. The highest BCUT2D eigenvalue weighted by atomic mass is 16.5. The molecule has 1 amide bonds. The number of carbonyl (C=O) groups is 1. The number of aromatic amines is 1. The number of para-hydroxylation sites is 2. The highest BCUT2D eigenvalue weighted by Crippen LogP contribution is 2.25. The van der Waals surface area contributed by atoms with Gasteiger partial charge in [0.1, 0.15) is 5.82 Å². The lowest BCUT2D eigenvalue weighted by Crippen LogP contribution is -2.44. The number of benzene rings is 1. The molecular formula is C19H25N3O2. The van der Waals surface area contributed by atoms with Crippen molar-refractivity contribution in [1.82, 2.24) is 14.9 Å². The van der Waals surface area contributed by atoms with Crippen LogP contribution in [0.1, 0.15) is 31.5 Å². The molecule has 1 unspecified atom stereocenters.